The molecule has 2 heterocycles. The topological polar surface area (TPSA) is 69.0 Å². The first-order chi connectivity index (χ1) is 16.5. The number of carbonyl (C=O) groups is 1. The Balaban J connectivity index is 1.53. The predicted molar refractivity (Wildman–Crippen MR) is 136 cm³/mol. The zero-order valence-corrected chi connectivity index (χ0v) is 20.2. The van der Waals surface area contributed by atoms with Gasteiger partial charge in [-0.3, -0.25) is 4.79 Å². The van der Waals surface area contributed by atoms with E-state index in [-0.39, 0.29) is 11.4 Å². The van der Waals surface area contributed by atoms with Crippen molar-refractivity contribution in [1.29, 1.82) is 5.26 Å². The molecule has 1 amide bonds. The molecule has 34 heavy (non-hydrogen) atoms. The van der Waals surface area contributed by atoms with E-state index < -0.39 is 0 Å². The molecule has 0 radical (unpaired) electrons. The summed E-state index contributed by atoms with van der Waals surface area (Å²) >= 11 is 6.59. The fraction of sp³-hybridized carbons (Fsp3) is 0.393. The highest BCUT2D eigenvalue weighted by molar-refractivity contribution is 6.33. The number of halogens is 1. The summed E-state index contributed by atoms with van der Waals surface area (Å²) in [6.07, 6.45) is 7.10. The number of carbonyl (C=O) groups excluding carboxylic acids is 1. The second kappa shape index (κ2) is 9.37. The number of para-hydroxylation sites is 1. The van der Waals surface area contributed by atoms with Crippen LogP contribution in [0.4, 0.5) is 0 Å². The van der Waals surface area contributed by atoms with Crippen LogP contribution in [-0.2, 0) is 0 Å². The molecule has 0 bridgehead atoms. The Hall–Kier alpha value is -2.94. The van der Waals surface area contributed by atoms with E-state index in [1.54, 1.807) is 18.2 Å². The van der Waals surface area contributed by atoms with Crippen molar-refractivity contribution in [3.8, 4) is 17.3 Å². The van der Waals surface area contributed by atoms with Gasteiger partial charge in [0, 0.05) is 30.1 Å². The van der Waals surface area contributed by atoms with Crippen molar-refractivity contribution in [3.05, 3.63) is 64.7 Å². The third kappa shape index (κ3) is 3.96. The molecule has 174 valence electrons. The van der Waals surface area contributed by atoms with Crippen molar-refractivity contribution in [2.45, 2.75) is 44.1 Å². The Morgan fingerprint density at radius 2 is 1.97 bits per heavy atom. The third-order valence-corrected chi connectivity index (χ3v) is 8.15. The van der Waals surface area contributed by atoms with Crippen molar-refractivity contribution >= 4 is 28.4 Å². The lowest BCUT2D eigenvalue weighted by Gasteiger charge is -2.46. The lowest BCUT2D eigenvalue weighted by atomic mass is 9.73. The molecule has 1 saturated carbocycles. The van der Waals surface area contributed by atoms with E-state index in [9.17, 15) is 10.1 Å². The highest BCUT2D eigenvalue weighted by Gasteiger charge is 2.46. The monoisotopic (exact) mass is 472 g/mol. The van der Waals surface area contributed by atoms with Gasteiger partial charge in [-0.2, -0.15) is 5.26 Å². The highest BCUT2D eigenvalue weighted by Crippen LogP contribution is 2.41. The summed E-state index contributed by atoms with van der Waals surface area (Å²) in [5.41, 5.74) is 2.76. The van der Waals surface area contributed by atoms with E-state index in [1.165, 1.54) is 32.1 Å². The van der Waals surface area contributed by atoms with Crippen LogP contribution in [0.1, 0.15) is 54.4 Å². The molecule has 1 N–H and O–H groups in total. The van der Waals surface area contributed by atoms with E-state index in [4.69, 9.17) is 16.6 Å². The summed E-state index contributed by atoms with van der Waals surface area (Å²) in [5, 5.41) is 14.7. The molecular formula is C28H29ClN4O. The minimum Gasteiger partial charge on any atom is -0.334 e. The molecule has 2 aliphatic rings. The van der Waals surface area contributed by atoms with Gasteiger partial charge in [-0.15, -0.1) is 0 Å². The number of hydrogen-bond donors (Lipinski definition) is 1. The number of benzene rings is 2. The number of aromatic nitrogens is 1. The SMILES string of the molecule is CN(C(=O)c1ccc(Cl)c(-c2nc3ccccc3cc2C#N)c1)[C@@]1(C2CCCCC2)CCNC1. The van der Waals surface area contributed by atoms with Crippen molar-refractivity contribution in [2.75, 3.05) is 20.1 Å². The minimum absolute atomic E-state index is 0.00788. The Morgan fingerprint density at radius 1 is 1.18 bits per heavy atom. The highest BCUT2D eigenvalue weighted by atomic mass is 35.5. The van der Waals surface area contributed by atoms with Gasteiger partial charge in [0.2, 0.25) is 0 Å². The molecule has 5 rings (SSSR count). The fourth-order valence-electron chi connectivity index (χ4n) is 5.89. The summed E-state index contributed by atoms with van der Waals surface area (Å²) in [5.74, 6) is 0.510. The van der Waals surface area contributed by atoms with Crippen LogP contribution in [0.15, 0.2) is 48.5 Å². The largest absolute Gasteiger partial charge is 0.334 e. The van der Waals surface area contributed by atoms with Crippen molar-refractivity contribution < 1.29 is 4.79 Å². The van der Waals surface area contributed by atoms with Crippen molar-refractivity contribution in [3.63, 3.8) is 0 Å². The molecule has 2 aromatic carbocycles. The van der Waals surface area contributed by atoms with Crippen LogP contribution in [0, 0.1) is 17.2 Å². The van der Waals surface area contributed by atoms with E-state index >= 15 is 0 Å². The van der Waals surface area contributed by atoms with Crippen LogP contribution in [0.2, 0.25) is 5.02 Å². The summed E-state index contributed by atoms with van der Waals surface area (Å²) < 4.78 is 0. The maximum absolute atomic E-state index is 13.8. The predicted octanol–water partition coefficient (Wildman–Crippen LogP) is 5.81. The Labute approximate surface area is 205 Å². The number of nitriles is 1. The number of fused-ring (bicyclic) bond motifs is 1. The molecule has 0 spiro atoms. The van der Waals surface area contributed by atoms with Crippen LogP contribution in [-0.4, -0.2) is 41.5 Å². The zero-order chi connectivity index (χ0) is 23.7. The van der Waals surface area contributed by atoms with Crippen LogP contribution in [0.25, 0.3) is 22.2 Å². The van der Waals surface area contributed by atoms with E-state index in [2.05, 4.69) is 11.4 Å². The van der Waals surface area contributed by atoms with E-state index in [0.29, 0.717) is 33.3 Å². The number of nitrogens with one attached hydrogen (secondary N) is 1. The summed E-state index contributed by atoms with van der Waals surface area (Å²) in [7, 11) is 1.95. The number of amides is 1. The Kier molecular flexibility index (Phi) is 6.29. The first kappa shape index (κ1) is 22.8. The van der Waals surface area contributed by atoms with Gasteiger partial charge in [0.1, 0.15) is 6.07 Å². The molecule has 1 aliphatic heterocycles. The van der Waals surface area contributed by atoms with Crippen molar-refractivity contribution in [1.82, 2.24) is 15.2 Å². The first-order valence-electron chi connectivity index (χ1n) is 12.1. The molecule has 2 fully saturated rings. The minimum atomic E-state index is -0.156. The lowest BCUT2D eigenvalue weighted by Crippen LogP contribution is -2.56. The average Bonchev–Trinajstić information content (AvgIpc) is 3.39. The number of likely N-dealkylation sites (N-methyl/N-ethyl adjacent to an activating group) is 1. The van der Waals surface area contributed by atoms with Crippen molar-refractivity contribution in [2.24, 2.45) is 5.92 Å². The zero-order valence-electron chi connectivity index (χ0n) is 19.5. The van der Waals surface area contributed by atoms with Gasteiger partial charge >= 0.3 is 0 Å². The molecule has 1 aliphatic carbocycles. The molecule has 0 unspecified atom stereocenters. The van der Waals surface area contributed by atoms with E-state index in [0.717, 1.165) is 30.4 Å². The van der Waals surface area contributed by atoms with Crippen LogP contribution in [0.3, 0.4) is 0 Å². The summed E-state index contributed by atoms with van der Waals surface area (Å²) in [6.45, 7) is 1.78. The van der Waals surface area contributed by atoms with Gasteiger partial charge in [-0.1, -0.05) is 49.1 Å². The second-order valence-electron chi connectivity index (χ2n) is 9.61. The van der Waals surface area contributed by atoms with Gasteiger partial charge in [0.05, 0.1) is 27.3 Å². The standard InChI is InChI=1S/C28H29ClN4O/c1-33(28(13-14-31-18-28)22-8-3-2-4-9-22)27(34)20-11-12-24(29)23(16-20)26-21(17-30)15-19-7-5-6-10-25(19)32-26/h5-7,10-12,15-16,22,31H,2-4,8-9,13-14,18H2,1H3/t28-/m0/s1. The second-order valence-corrected chi connectivity index (χ2v) is 10.0. The van der Waals surface area contributed by atoms with Gasteiger partial charge in [-0.25, -0.2) is 4.98 Å². The molecule has 3 aromatic rings. The Morgan fingerprint density at radius 3 is 2.71 bits per heavy atom. The van der Waals surface area contributed by atoms with Gasteiger partial charge in [-0.05, 0) is 62.1 Å². The molecule has 1 saturated heterocycles. The quantitative estimate of drug-likeness (QED) is 0.520. The van der Waals surface area contributed by atoms with Gasteiger partial charge < -0.3 is 10.2 Å². The van der Waals surface area contributed by atoms with Crippen LogP contribution in [0.5, 0.6) is 0 Å². The fourth-order valence-corrected chi connectivity index (χ4v) is 6.10. The Bertz CT molecular complexity index is 1270. The number of pyridine rings is 1. The van der Waals surface area contributed by atoms with Crippen LogP contribution < -0.4 is 5.32 Å². The normalized spacial score (nSPS) is 20.9. The molecular weight excluding hydrogens is 444 g/mol. The average molecular weight is 473 g/mol. The van der Waals surface area contributed by atoms with Crippen LogP contribution >= 0.6 is 11.6 Å². The molecule has 1 aromatic heterocycles. The maximum Gasteiger partial charge on any atom is 0.254 e. The summed E-state index contributed by atoms with van der Waals surface area (Å²) in [6, 6.07) is 17.1. The number of rotatable bonds is 4. The maximum atomic E-state index is 13.8. The third-order valence-electron chi connectivity index (χ3n) is 7.82. The number of nitrogens with zero attached hydrogens (tertiary/aromatic N) is 3. The lowest BCUT2D eigenvalue weighted by molar-refractivity contribution is 0.0348. The molecule has 5 nitrogen and oxygen atoms in total. The molecule has 6 heteroatoms. The van der Waals surface area contributed by atoms with Gasteiger partial charge in [0.15, 0.2) is 0 Å². The number of hydrogen-bond acceptors (Lipinski definition) is 4. The summed E-state index contributed by atoms with van der Waals surface area (Å²) in [4.78, 5) is 20.5. The smallest absolute Gasteiger partial charge is 0.254 e. The first-order valence-corrected chi connectivity index (χ1v) is 12.5. The van der Waals surface area contributed by atoms with Gasteiger partial charge in [0.25, 0.3) is 5.91 Å². The van der Waals surface area contributed by atoms with E-state index in [1.807, 2.05) is 42.3 Å². The molecule has 1 atom stereocenters.